The summed E-state index contributed by atoms with van der Waals surface area (Å²) in [5.41, 5.74) is 1.39. The van der Waals surface area contributed by atoms with Crippen molar-refractivity contribution in [3.05, 3.63) is 54.0 Å². The van der Waals surface area contributed by atoms with Gasteiger partial charge < -0.3 is 10.1 Å². The summed E-state index contributed by atoms with van der Waals surface area (Å²) in [5, 5.41) is 8.56. The summed E-state index contributed by atoms with van der Waals surface area (Å²) in [5.74, 6) is -1.04. The van der Waals surface area contributed by atoms with Gasteiger partial charge in [-0.1, -0.05) is 24.3 Å². The molecule has 0 saturated carbocycles. The van der Waals surface area contributed by atoms with Crippen LogP contribution < -0.4 is 4.72 Å². The van der Waals surface area contributed by atoms with E-state index in [0.717, 1.165) is 6.08 Å². The van der Waals surface area contributed by atoms with Crippen molar-refractivity contribution in [2.45, 2.75) is 11.6 Å². The zero-order chi connectivity index (χ0) is 15.3. The van der Waals surface area contributed by atoms with Crippen LogP contribution in [0.2, 0.25) is 0 Å². The molecule has 1 aromatic heterocycles. The van der Waals surface area contributed by atoms with E-state index in [4.69, 9.17) is 5.11 Å². The molecule has 1 aromatic carbocycles. The number of nitrogens with zero attached hydrogens (tertiary/aromatic N) is 1. The van der Waals surface area contributed by atoms with Crippen molar-refractivity contribution in [3.63, 3.8) is 0 Å². The van der Waals surface area contributed by atoms with Gasteiger partial charge in [0.15, 0.2) is 5.03 Å². The van der Waals surface area contributed by atoms with Crippen LogP contribution >= 0.6 is 0 Å². The smallest absolute Gasteiger partial charge is 0.328 e. The molecule has 2 aromatic rings. The number of aliphatic carboxylic acids is 1. The van der Waals surface area contributed by atoms with E-state index < -0.39 is 16.0 Å². The van der Waals surface area contributed by atoms with Crippen molar-refractivity contribution in [1.29, 1.82) is 0 Å². The average molecular weight is 307 g/mol. The van der Waals surface area contributed by atoms with Gasteiger partial charge in [0.2, 0.25) is 0 Å². The van der Waals surface area contributed by atoms with Crippen LogP contribution in [0.4, 0.5) is 0 Å². The van der Waals surface area contributed by atoms with E-state index in [9.17, 15) is 13.2 Å². The minimum Gasteiger partial charge on any atom is -0.478 e. The minimum absolute atomic E-state index is 0.00979. The minimum atomic E-state index is -3.63. The second kappa shape index (κ2) is 6.33. The van der Waals surface area contributed by atoms with Crippen LogP contribution in [-0.2, 0) is 21.4 Å². The Labute approximate surface area is 121 Å². The molecule has 7 nitrogen and oxygen atoms in total. The SMILES string of the molecule is O=C(O)C=Cc1cccc(CNS(=O)(=O)c2cnc[nH]2)c1. The molecule has 110 valence electrons. The van der Waals surface area contributed by atoms with Crippen molar-refractivity contribution in [2.75, 3.05) is 0 Å². The van der Waals surface area contributed by atoms with Gasteiger partial charge in [0.25, 0.3) is 10.0 Å². The van der Waals surface area contributed by atoms with Gasteiger partial charge in [-0.15, -0.1) is 0 Å². The number of carboxylic acids is 1. The van der Waals surface area contributed by atoms with Crippen LogP contribution in [0.25, 0.3) is 6.08 Å². The fraction of sp³-hybridized carbons (Fsp3) is 0.0769. The first-order valence-corrected chi connectivity index (χ1v) is 7.44. The van der Waals surface area contributed by atoms with E-state index in [-0.39, 0.29) is 11.6 Å². The molecule has 0 radical (unpaired) electrons. The zero-order valence-electron chi connectivity index (χ0n) is 10.9. The first kappa shape index (κ1) is 14.9. The highest BCUT2D eigenvalue weighted by Gasteiger charge is 2.14. The molecule has 0 atom stereocenters. The summed E-state index contributed by atoms with van der Waals surface area (Å²) in [6, 6.07) is 6.90. The van der Waals surface area contributed by atoms with E-state index >= 15 is 0 Å². The maximum atomic E-state index is 11.9. The molecule has 0 spiro atoms. The molecule has 21 heavy (non-hydrogen) atoms. The third-order valence-electron chi connectivity index (χ3n) is 2.60. The summed E-state index contributed by atoms with van der Waals surface area (Å²) in [6.07, 6.45) is 4.96. The number of hydrogen-bond acceptors (Lipinski definition) is 4. The number of sulfonamides is 1. The summed E-state index contributed by atoms with van der Waals surface area (Å²) in [4.78, 5) is 16.6. The zero-order valence-corrected chi connectivity index (χ0v) is 11.7. The van der Waals surface area contributed by atoms with E-state index in [2.05, 4.69) is 14.7 Å². The number of nitrogens with one attached hydrogen (secondary N) is 2. The van der Waals surface area contributed by atoms with Crippen LogP contribution in [0.1, 0.15) is 11.1 Å². The monoisotopic (exact) mass is 307 g/mol. The van der Waals surface area contributed by atoms with Crippen LogP contribution in [0.5, 0.6) is 0 Å². The Morgan fingerprint density at radius 2 is 2.24 bits per heavy atom. The molecular weight excluding hydrogens is 294 g/mol. The second-order valence-corrected chi connectivity index (χ2v) is 5.89. The third kappa shape index (κ3) is 4.26. The highest BCUT2D eigenvalue weighted by molar-refractivity contribution is 7.89. The van der Waals surface area contributed by atoms with E-state index in [0.29, 0.717) is 11.1 Å². The quantitative estimate of drug-likeness (QED) is 0.689. The molecule has 2 rings (SSSR count). The van der Waals surface area contributed by atoms with Gasteiger partial charge in [0.05, 0.1) is 12.5 Å². The van der Waals surface area contributed by atoms with Crippen molar-refractivity contribution >= 4 is 22.1 Å². The van der Waals surface area contributed by atoms with Crippen molar-refractivity contribution in [3.8, 4) is 0 Å². The number of aromatic amines is 1. The first-order chi connectivity index (χ1) is 9.97. The number of H-pyrrole nitrogens is 1. The number of imidazole rings is 1. The van der Waals surface area contributed by atoms with Gasteiger partial charge in [-0.25, -0.2) is 22.9 Å². The van der Waals surface area contributed by atoms with Gasteiger partial charge >= 0.3 is 5.97 Å². The molecule has 0 unspecified atom stereocenters. The molecule has 0 aliphatic heterocycles. The predicted molar refractivity (Wildman–Crippen MR) is 75.7 cm³/mol. The molecule has 0 saturated heterocycles. The lowest BCUT2D eigenvalue weighted by Crippen LogP contribution is -2.23. The Kier molecular flexibility index (Phi) is 4.51. The lowest BCUT2D eigenvalue weighted by molar-refractivity contribution is -0.131. The highest BCUT2D eigenvalue weighted by atomic mass is 32.2. The average Bonchev–Trinajstić information content (AvgIpc) is 2.98. The van der Waals surface area contributed by atoms with E-state index in [1.165, 1.54) is 18.6 Å². The van der Waals surface area contributed by atoms with Gasteiger partial charge in [-0.05, 0) is 17.2 Å². The van der Waals surface area contributed by atoms with Crippen LogP contribution in [0.15, 0.2) is 47.9 Å². The Hall–Kier alpha value is -2.45. The molecule has 1 heterocycles. The molecule has 0 aliphatic rings. The van der Waals surface area contributed by atoms with Crippen LogP contribution in [-0.4, -0.2) is 29.5 Å². The number of carbonyl (C=O) groups is 1. The number of aromatic nitrogens is 2. The number of hydrogen-bond donors (Lipinski definition) is 3. The number of rotatable bonds is 6. The van der Waals surface area contributed by atoms with Crippen molar-refractivity contribution in [2.24, 2.45) is 0 Å². The molecule has 0 bridgehead atoms. The van der Waals surface area contributed by atoms with Gasteiger partial charge in [-0.2, -0.15) is 0 Å². The molecule has 0 fully saturated rings. The Morgan fingerprint density at radius 3 is 2.90 bits per heavy atom. The number of carboxylic acid groups (broad SMARTS) is 1. The predicted octanol–water partition coefficient (Wildman–Crippen LogP) is 0.986. The molecule has 3 N–H and O–H groups in total. The fourth-order valence-electron chi connectivity index (χ4n) is 1.62. The maximum Gasteiger partial charge on any atom is 0.328 e. The normalized spacial score (nSPS) is 11.8. The van der Waals surface area contributed by atoms with E-state index in [1.54, 1.807) is 24.3 Å². The molecule has 0 aliphatic carbocycles. The first-order valence-electron chi connectivity index (χ1n) is 5.95. The van der Waals surface area contributed by atoms with Crippen molar-refractivity contribution < 1.29 is 18.3 Å². The summed E-state index contributed by atoms with van der Waals surface area (Å²) in [7, 11) is -3.63. The lowest BCUT2D eigenvalue weighted by atomic mass is 10.1. The molecular formula is C13H13N3O4S. The summed E-state index contributed by atoms with van der Waals surface area (Å²) in [6.45, 7) is 0.0934. The molecule has 8 heteroatoms. The second-order valence-electron chi connectivity index (χ2n) is 4.16. The van der Waals surface area contributed by atoms with Crippen LogP contribution in [0, 0.1) is 0 Å². The van der Waals surface area contributed by atoms with Gasteiger partial charge in [0.1, 0.15) is 0 Å². The largest absolute Gasteiger partial charge is 0.478 e. The standard InChI is InChI=1S/C13H13N3O4S/c17-13(18)5-4-10-2-1-3-11(6-10)7-16-21(19,20)12-8-14-9-15-12/h1-6,8-9,16H,7H2,(H,14,15)(H,17,18). The number of benzene rings is 1. The maximum absolute atomic E-state index is 11.9. The third-order valence-corrected chi connectivity index (χ3v) is 3.93. The lowest BCUT2D eigenvalue weighted by Gasteiger charge is -2.05. The van der Waals surface area contributed by atoms with E-state index in [1.807, 2.05) is 0 Å². The fourth-order valence-corrected chi connectivity index (χ4v) is 2.54. The molecule has 0 amide bonds. The van der Waals surface area contributed by atoms with Crippen LogP contribution in [0.3, 0.4) is 0 Å². The Balaban J connectivity index is 2.07. The van der Waals surface area contributed by atoms with Gasteiger partial charge in [0, 0.05) is 12.6 Å². The summed E-state index contributed by atoms with van der Waals surface area (Å²) < 4.78 is 26.2. The Morgan fingerprint density at radius 1 is 1.43 bits per heavy atom. The Bertz CT molecular complexity index is 751. The highest BCUT2D eigenvalue weighted by Crippen LogP contribution is 2.09. The van der Waals surface area contributed by atoms with Gasteiger partial charge in [-0.3, -0.25) is 0 Å². The van der Waals surface area contributed by atoms with Crippen molar-refractivity contribution in [1.82, 2.24) is 14.7 Å². The summed E-state index contributed by atoms with van der Waals surface area (Å²) >= 11 is 0. The topological polar surface area (TPSA) is 112 Å².